The normalized spacial score (nSPS) is 15.9. The number of amides is 2. The predicted molar refractivity (Wildman–Crippen MR) is 196 cm³/mol. The van der Waals surface area contributed by atoms with E-state index in [-0.39, 0.29) is 35.6 Å². The fourth-order valence-electron chi connectivity index (χ4n) is 6.27. The first-order valence-electron chi connectivity index (χ1n) is 16.0. The third-order valence-electron chi connectivity index (χ3n) is 8.89. The van der Waals surface area contributed by atoms with Crippen LogP contribution in [0.4, 0.5) is 21.7 Å². The van der Waals surface area contributed by atoms with Crippen molar-refractivity contribution in [1.82, 2.24) is 23.9 Å². The fraction of sp³-hybridized carbons (Fsp3) is 0.324. The van der Waals surface area contributed by atoms with Gasteiger partial charge in [-0.2, -0.15) is 8.75 Å². The zero-order chi connectivity index (χ0) is 33.0. The molecular formula is C34H35FN8O2S3. The maximum Gasteiger partial charge on any atom is 0.245 e. The molecule has 3 aromatic carbocycles. The van der Waals surface area contributed by atoms with Crippen molar-refractivity contribution in [2.75, 3.05) is 67.5 Å². The molecule has 2 aromatic heterocycles. The molecule has 14 heteroatoms. The number of carbonyl (C=O) groups is 2. The van der Waals surface area contributed by atoms with Crippen LogP contribution in [-0.4, -0.2) is 93.9 Å². The third-order valence-corrected chi connectivity index (χ3v) is 10.7. The molecule has 2 aliphatic rings. The number of halogens is 1. The summed E-state index contributed by atoms with van der Waals surface area (Å²) in [4.78, 5) is 35.6. The molecule has 2 fully saturated rings. The Morgan fingerprint density at radius 2 is 1.27 bits per heavy atom. The Hall–Kier alpha value is -4.40. The summed E-state index contributed by atoms with van der Waals surface area (Å²) in [6.45, 7) is 4.95. The second kappa shape index (κ2) is 14.4. The molecule has 0 aliphatic carbocycles. The Kier molecular flexibility index (Phi) is 9.64. The van der Waals surface area contributed by atoms with Crippen LogP contribution in [0.2, 0.25) is 0 Å². The molecule has 2 saturated heterocycles. The van der Waals surface area contributed by atoms with Crippen molar-refractivity contribution in [3.63, 3.8) is 0 Å². The summed E-state index contributed by atoms with van der Waals surface area (Å²) < 4.78 is 25.1. The van der Waals surface area contributed by atoms with Crippen LogP contribution in [0.25, 0.3) is 20.2 Å². The van der Waals surface area contributed by atoms with Crippen LogP contribution in [0.1, 0.15) is 12.8 Å². The Balaban J connectivity index is 0.977. The number of benzene rings is 3. The minimum Gasteiger partial charge on any atom is -0.352 e. The molecule has 2 aliphatic heterocycles. The number of nitrogens with zero attached hydrogens (tertiary/aromatic N) is 6. The van der Waals surface area contributed by atoms with E-state index in [9.17, 15) is 14.0 Å². The molecule has 1 atom stereocenters. The summed E-state index contributed by atoms with van der Waals surface area (Å²) in [5.41, 5.74) is 0.603. The number of aromatic nitrogens is 2. The summed E-state index contributed by atoms with van der Waals surface area (Å²) in [5.74, 6) is 1.49. The molecule has 2 N–H and O–H groups in total. The second-order valence-corrected chi connectivity index (χ2v) is 13.9. The summed E-state index contributed by atoms with van der Waals surface area (Å²) in [5, 5.41) is 8.71. The lowest BCUT2D eigenvalue weighted by molar-refractivity contribution is -0.134. The van der Waals surface area contributed by atoms with Gasteiger partial charge in [0.2, 0.25) is 11.8 Å². The van der Waals surface area contributed by atoms with Crippen LogP contribution >= 0.6 is 35.3 Å². The Bertz CT molecular complexity index is 1920. The zero-order valence-corrected chi connectivity index (χ0v) is 28.6. The monoisotopic (exact) mass is 702 g/mol. The molecule has 4 heterocycles. The van der Waals surface area contributed by atoms with Gasteiger partial charge in [0.1, 0.15) is 23.5 Å². The molecular weight excluding hydrogens is 668 g/mol. The first-order chi connectivity index (χ1) is 23.4. The van der Waals surface area contributed by atoms with E-state index < -0.39 is 6.04 Å². The van der Waals surface area contributed by atoms with Gasteiger partial charge in [-0.1, -0.05) is 24.3 Å². The fourth-order valence-corrected chi connectivity index (χ4v) is 8.12. The van der Waals surface area contributed by atoms with Crippen molar-refractivity contribution in [1.29, 1.82) is 0 Å². The van der Waals surface area contributed by atoms with Gasteiger partial charge in [-0.05, 0) is 90.2 Å². The van der Waals surface area contributed by atoms with Gasteiger partial charge in [0, 0.05) is 75.2 Å². The molecule has 0 bridgehead atoms. The summed E-state index contributed by atoms with van der Waals surface area (Å²) >= 11 is 8.54. The smallest absolute Gasteiger partial charge is 0.245 e. The summed E-state index contributed by atoms with van der Waals surface area (Å²) in [6, 6.07) is 21.5. The largest absolute Gasteiger partial charge is 0.352 e. The van der Waals surface area contributed by atoms with E-state index in [2.05, 4.69) is 53.4 Å². The number of piperazine rings is 2. The molecule has 48 heavy (non-hydrogen) atoms. The van der Waals surface area contributed by atoms with Gasteiger partial charge in [-0.3, -0.25) is 9.59 Å². The molecule has 0 radical (unpaired) electrons. The van der Waals surface area contributed by atoms with Crippen LogP contribution in [0.3, 0.4) is 0 Å². The van der Waals surface area contributed by atoms with Gasteiger partial charge in [-0.25, -0.2) is 4.39 Å². The summed E-state index contributed by atoms with van der Waals surface area (Å²) in [7, 11) is 0. The maximum absolute atomic E-state index is 14.0. The maximum atomic E-state index is 14.0. The van der Waals surface area contributed by atoms with E-state index in [0.717, 1.165) is 31.8 Å². The number of carbonyl (C=O) groups excluding carboxylic acids is 2. The van der Waals surface area contributed by atoms with Crippen LogP contribution in [0.15, 0.2) is 72.8 Å². The molecule has 1 unspecified atom stereocenters. The number of hydrogen-bond acceptors (Lipinski definition) is 9. The first-order valence-corrected chi connectivity index (χ1v) is 18.0. The number of nitrogens with one attached hydrogen (secondary N) is 2. The first kappa shape index (κ1) is 32.2. The standard InChI is InChI=1S/C34H35FN8O2S3/c35-23-9-11-24(12-10-23)36-34(46)37-27(33(45)43-21-19-42(20-22-43)32-26-6-2-4-8-29(26)48-39-32)13-14-30(44)40-15-17-41(18-16-40)31-25-5-1-3-7-28(25)47-38-31/h1-12,27H,13-22H2,(H2,36,37,46). The number of anilines is 3. The minimum atomic E-state index is -0.705. The van der Waals surface area contributed by atoms with E-state index in [1.54, 1.807) is 12.1 Å². The average Bonchev–Trinajstić information content (AvgIpc) is 3.76. The molecule has 10 nitrogen and oxygen atoms in total. The van der Waals surface area contributed by atoms with E-state index in [4.69, 9.17) is 12.2 Å². The molecule has 0 spiro atoms. The van der Waals surface area contributed by atoms with E-state index >= 15 is 0 Å². The Labute approximate surface area is 291 Å². The van der Waals surface area contributed by atoms with Crippen LogP contribution in [0.5, 0.6) is 0 Å². The predicted octanol–water partition coefficient (Wildman–Crippen LogP) is 5.18. The van der Waals surface area contributed by atoms with Gasteiger partial charge in [0.15, 0.2) is 5.11 Å². The second-order valence-electron chi connectivity index (χ2n) is 11.9. The van der Waals surface area contributed by atoms with Crippen molar-refractivity contribution in [2.24, 2.45) is 0 Å². The lowest BCUT2D eigenvalue weighted by Crippen LogP contribution is -2.56. The lowest BCUT2D eigenvalue weighted by Gasteiger charge is -2.37. The van der Waals surface area contributed by atoms with Crippen LogP contribution in [-0.2, 0) is 9.59 Å². The third kappa shape index (κ3) is 7.05. The van der Waals surface area contributed by atoms with Gasteiger partial charge in [-0.15, -0.1) is 0 Å². The Morgan fingerprint density at radius 3 is 1.83 bits per heavy atom. The SMILES string of the molecule is O=C(CCC(NC(=S)Nc1ccc(F)cc1)C(=O)N1CCN(c2nsc3ccccc23)CC1)N1CCN(c2nsc3ccccc23)CC1. The number of thiocarbonyl (C=S) groups is 1. The van der Waals surface area contributed by atoms with E-state index in [1.807, 2.05) is 34.1 Å². The zero-order valence-electron chi connectivity index (χ0n) is 26.2. The molecule has 248 valence electrons. The van der Waals surface area contributed by atoms with Crippen molar-refractivity contribution in [3.8, 4) is 0 Å². The molecule has 7 rings (SSSR count). The highest BCUT2D eigenvalue weighted by Crippen LogP contribution is 2.31. The number of fused-ring (bicyclic) bond motifs is 2. The number of rotatable bonds is 8. The molecule has 0 saturated carbocycles. The lowest BCUT2D eigenvalue weighted by atomic mass is 10.1. The van der Waals surface area contributed by atoms with Gasteiger partial charge < -0.3 is 30.2 Å². The van der Waals surface area contributed by atoms with Gasteiger partial charge in [0.05, 0.1) is 9.40 Å². The van der Waals surface area contributed by atoms with Gasteiger partial charge in [0.25, 0.3) is 0 Å². The van der Waals surface area contributed by atoms with Crippen molar-refractivity contribution in [2.45, 2.75) is 18.9 Å². The minimum absolute atomic E-state index is 0.00928. The highest BCUT2D eigenvalue weighted by atomic mass is 32.1. The summed E-state index contributed by atoms with van der Waals surface area (Å²) in [6.07, 6.45) is 0.490. The van der Waals surface area contributed by atoms with Crippen molar-refractivity contribution in [3.05, 3.63) is 78.6 Å². The topological polar surface area (TPSA) is 96.9 Å². The van der Waals surface area contributed by atoms with E-state index in [0.29, 0.717) is 58.0 Å². The van der Waals surface area contributed by atoms with Crippen molar-refractivity contribution < 1.29 is 14.0 Å². The Morgan fingerprint density at radius 1 is 0.750 bits per heavy atom. The molecule has 2 amide bonds. The van der Waals surface area contributed by atoms with Crippen LogP contribution < -0.4 is 20.4 Å². The highest BCUT2D eigenvalue weighted by molar-refractivity contribution is 7.80. The van der Waals surface area contributed by atoms with Gasteiger partial charge >= 0.3 is 0 Å². The number of hydrogen-bond donors (Lipinski definition) is 2. The van der Waals surface area contributed by atoms with Crippen molar-refractivity contribution >= 4 is 89.7 Å². The quantitative estimate of drug-likeness (QED) is 0.212. The highest BCUT2D eigenvalue weighted by Gasteiger charge is 2.31. The molecule has 5 aromatic rings. The van der Waals surface area contributed by atoms with Crippen LogP contribution in [0, 0.1) is 5.82 Å². The average molecular weight is 703 g/mol. The van der Waals surface area contributed by atoms with E-state index in [1.165, 1.54) is 35.2 Å².